The minimum atomic E-state index is -1.54. The van der Waals surface area contributed by atoms with Crippen LogP contribution < -0.4 is 10.1 Å². The van der Waals surface area contributed by atoms with Crippen molar-refractivity contribution in [1.29, 1.82) is 0 Å². The van der Waals surface area contributed by atoms with Crippen LogP contribution in [-0.4, -0.2) is 51.8 Å². The number of hydrogen-bond acceptors (Lipinski definition) is 7. The summed E-state index contributed by atoms with van der Waals surface area (Å²) in [5.74, 6) is 0.196. The van der Waals surface area contributed by atoms with Crippen molar-refractivity contribution in [3.8, 4) is 17.1 Å². The van der Waals surface area contributed by atoms with Gasteiger partial charge in [-0.2, -0.15) is 5.10 Å². The number of hydrogen-bond donors (Lipinski definition) is 1. The minimum absolute atomic E-state index is 0.139. The molecule has 1 atom stereocenters. The van der Waals surface area contributed by atoms with E-state index in [4.69, 9.17) is 25.5 Å². The van der Waals surface area contributed by atoms with Gasteiger partial charge in [0, 0.05) is 25.3 Å². The number of amides is 1. The molecule has 0 saturated heterocycles. The number of benzene rings is 1. The molecule has 1 amide bonds. The number of ether oxygens (including phenoxy) is 2. The van der Waals surface area contributed by atoms with E-state index >= 15 is 0 Å². The van der Waals surface area contributed by atoms with Crippen LogP contribution >= 0.6 is 11.6 Å². The second kappa shape index (κ2) is 10.7. The maximum absolute atomic E-state index is 13.4. The number of nitrogens with zero attached hydrogens (tertiary/aromatic N) is 4. The first-order valence-corrected chi connectivity index (χ1v) is 9.68. The van der Waals surface area contributed by atoms with Crippen molar-refractivity contribution in [3.05, 3.63) is 48.0 Å². The van der Waals surface area contributed by atoms with Gasteiger partial charge >= 0.3 is 0 Å². The van der Waals surface area contributed by atoms with E-state index in [1.165, 1.54) is 12.7 Å². The first-order chi connectivity index (χ1) is 14.6. The molecule has 3 aromatic rings. The summed E-state index contributed by atoms with van der Waals surface area (Å²) in [4.78, 5) is 20.3. The van der Waals surface area contributed by atoms with Crippen LogP contribution in [-0.2, 0) is 11.3 Å². The molecule has 0 radical (unpaired) electrons. The summed E-state index contributed by atoms with van der Waals surface area (Å²) in [6.07, 6.45) is 3.39. The second-order valence-electron chi connectivity index (χ2n) is 6.12. The number of carbonyl (C=O) groups excluding carboxylic acids is 1. The van der Waals surface area contributed by atoms with Crippen LogP contribution in [0.1, 0.15) is 23.8 Å². The van der Waals surface area contributed by atoms with Gasteiger partial charge in [-0.25, -0.2) is 14.4 Å². The Morgan fingerprint density at radius 2 is 2.30 bits per heavy atom. The minimum Gasteiger partial charge on any atom is -0.486 e. The highest BCUT2D eigenvalue weighted by Gasteiger charge is 2.19. The Balaban J connectivity index is 1.59. The van der Waals surface area contributed by atoms with Crippen LogP contribution in [0.15, 0.2) is 41.7 Å². The third-order valence-corrected chi connectivity index (χ3v) is 4.31. The molecule has 3 rings (SSSR count). The van der Waals surface area contributed by atoms with Gasteiger partial charge in [-0.3, -0.25) is 9.48 Å². The van der Waals surface area contributed by atoms with Crippen molar-refractivity contribution in [2.75, 3.05) is 19.8 Å². The number of oxazole rings is 1. The summed E-state index contributed by atoms with van der Waals surface area (Å²) < 4.78 is 30.6. The third kappa shape index (κ3) is 5.77. The van der Waals surface area contributed by atoms with Crippen LogP contribution in [0.5, 0.6) is 5.75 Å². The molecule has 0 aliphatic carbocycles. The van der Waals surface area contributed by atoms with E-state index in [0.717, 1.165) is 0 Å². The molecule has 30 heavy (non-hydrogen) atoms. The van der Waals surface area contributed by atoms with Gasteiger partial charge in [0.1, 0.15) is 25.0 Å². The fraction of sp³-hybridized carbons (Fsp3) is 0.368. The predicted molar refractivity (Wildman–Crippen MR) is 106 cm³/mol. The Labute approximate surface area is 177 Å². The molecular formula is C19H21ClFN5O4. The lowest BCUT2D eigenvalue weighted by Crippen LogP contribution is -2.26. The maximum atomic E-state index is 13.4. The van der Waals surface area contributed by atoms with Gasteiger partial charge in [0.2, 0.25) is 6.36 Å². The van der Waals surface area contributed by atoms with Gasteiger partial charge in [-0.15, -0.1) is 0 Å². The fourth-order valence-electron chi connectivity index (χ4n) is 2.63. The van der Waals surface area contributed by atoms with E-state index in [-0.39, 0.29) is 35.6 Å². The molecule has 160 valence electrons. The molecule has 9 nitrogen and oxygen atoms in total. The molecular weight excluding hydrogens is 416 g/mol. The smallest absolute Gasteiger partial charge is 0.273 e. The Kier molecular flexibility index (Phi) is 7.75. The number of alkyl halides is 1. The topological polar surface area (TPSA) is 104 Å². The quantitative estimate of drug-likeness (QED) is 0.460. The van der Waals surface area contributed by atoms with E-state index < -0.39 is 6.36 Å². The predicted octanol–water partition coefficient (Wildman–Crippen LogP) is 3.12. The van der Waals surface area contributed by atoms with E-state index in [9.17, 15) is 9.18 Å². The van der Waals surface area contributed by atoms with E-state index in [2.05, 4.69) is 20.4 Å². The van der Waals surface area contributed by atoms with E-state index in [1.54, 1.807) is 36.1 Å². The summed E-state index contributed by atoms with van der Waals surface area (Å²) in [6, 6.07) is 4.78. The van der Waals surface area contributed by atoms with E-state index in [0.29, 0.717) is 30.8 Å². The monoisotopic (exact) mass is 436 g/mol. The zero-order valence-corrected chi connectivity index (χ0v) is 17.0. The average molecular weight is 437 g/mol. The fourth-order valence-corrected chi connectivity index (χ4v) is 2.87. The van der Waals surface area contributed by atoms with Crippen molar-refractivity contribution in [2.24, 2.45) is 0 Å². The van der Waals surface area contributed by atoms with Gasteiger partial charge in [0.25, 0.3) is 5.91 Å². The largest absolute Gasteiger partial charge is 0.486 e. The Hall–Kier alpha value is -2.98. The van der Waals surface area contributed by atoms with Gasteiger partial charge < -0.3 is 19.2 Å². The Morgan fingerprint density at radius 1 is 1.43 bits per heavy atom. The molecule has 1 unspecified atom stereocenters. The van der Waals surface area contributed by atoms with Crippen molar-refractivity contribution in [3.63, 3.8) is 0 Å². The number of rotatable bonds is 11. The maximum Gasteiger partial charge on any atom is 0.273 e. The number of carbonyl (C=O) groups is 1. The van der Waals surface area contributed by atoms with Crippen molar-refractivity contribution in [1.82, 2.24) is 25.1 Å². The molecule has 11 heteroatoms. The summed E-state index contributed by atoms with van der Waals surface area (Å²) in [6.45, 7) is 2.72. The first kappa shape index (κ1) is 21.7. The highest BCUT2D eigenvalue weighted by Crippen LogP contribution is 2.32. The van der Waals surface area contributed by atoms with Crippen molar-refractivity contribution in [2.45, 2.75) is 26.2 Å². The van der Waals surface area contributed by atoms with Crippen LogP contribution in [0, 0.1) is 0 Å². The lowest BCUT2D eigenvalue weighted by atomic mass is 10.1. The second-order valence-corrected chi connectivity index (χ2v) is 6.53. The van der Waals surface area contributed by atoms with Crippen molar-refractivity contribution < 1.29 is 23.1 Å². The average Bonchev–Trinajstić information content (AvgIpc) is 3.42. The number of nitrogens with one attached hydrogen (secondary N) is 1. The molecule has 1 aromatic carbocycles. The number of halogens is 2. The zero-order valence-electron chi connectivity index (χ0n) is 16.3. The molecule has 2 aromatic heterocycles. The van der Waals surface area contributed by atoms with Gasteiger partial charge in [0.05, 0.1) is 5.02 Å². The highest BCUT2D eigenvalue weighted by molar-refractivity contribution is 6.32. The SMILES string of the molecule is CCOC([18F])COc1ccc(-c2ocnc2C(=O)NCCCn2cncn2)cc1Cl. The highest BCUT2D eigenvalue weighted by atomic mass is 35.5. The number of aromatic nitrogens is 4. The van der Waals surface area contributed by atoms with Gasteiger partial charge in [0.15, 0.2) is 17.8 Å². The Bertz CT molecular complexity index is 950. The summed E-state index contributed by atoms with van der Waals surface area (Å²) >= 11 is 6.23. The molecule has 0 saturated carbocycles. The van der Waals surface area contributed by atoms with Crippen LogP contribution in [0.4, 0.5) is 4.39 Å². The van der Waals surface area contributed by atoms with Gasteiger partial charge in [-0.05, 0) is 31.5 Å². The summed E-state index contributed by atoms with van der Waals surface area (Å²) in [5.41, 5.74) is 0.680. The lowest BCUT2D eigenvalue weighted by molar-refractivity contribution is -0.0583. The first-order valence-electron chi connectivity index (χ1n) is 9.31. The van der Waals surface area contributed by atoms with Crippen LogP contribution in [0.25, 0.3) is 11.3 Å². The van der Waals surface area contributed by atoms with E-state index in [1.807, 2.05) is 0 Å². The van der Waals surface area contributed by atoms with Crippen molar-refractivity contribution >= 4 is 17.5 Å². The Morgan fingerprint density at radius 3 is 3.03 bits per heavy atom. The normalized spacial score (nSPS) is 12.0. The summed E-state index contributed by atoms with van der Waals surface area (Å²) in [5, 5.41) is 7.03. The molecule has 0 bridgehead atoms. The number of aryl methyl sites for hydroxylation is 1. The standard InChI is InChI=1S/C19H21ClFN5O4/c1-2-28-16(21)9-29-15-5-4-13(8-14(15)20)18-17(24-12-30-18)19(27)23-6-3-7-26-11-22-10-25-26/h4-5,8,10-12,16H,2-3,6-7,9H2,1H3,(H,23,27)/i21-1. The molecule has 0 aliphatic rings. The lowest BCUT2D eigenvalue weighted by Gasteiger charge is -2.12. The molecule has 0 aliphatic heterocycles. The zero-order chi connectivity index (χ0) is 21.3. The van der Waals surface area contributed by atoms with Crippen LogP contribution in [0.3, 0.4) is 0 Å². The molecule has 1 N–H and O–H groups in total. The summed E-state index contributed by atoms with van der Waals surface area (Å²) in [7, 11) is 0. The molecule has 0 spiro atoms. The molecule has 2 heterocycles. The van der Waals surface area contributed by atoms with Gasteiger partial charge in [-0.1, -0.05) is 11.6 Å². The third-order valence-electron chi connectivity index (χ3n) is 4.01. The molecule has 0 fully saturated rings. The van der Waals surface area contributed by atoms with Crippen LogP contribution in [0.2, 0.25) is 5.02 Å².